The molecule has 0 amide bonds. The Bertz CT molecular complexity index is 689. The zero-order chi connectivity index (χ0) is 14.8. The van der Waals surface area contributed by atoms with Crippen LogP contribution in [0.2, 0.25) is 0 Å². The van der Waals surface area contributed by atoms with Gasteiger partial charge in [-0.25, -0.2) is 8.42 Å². The van der Waals surface area contributed by atoms with Gasteiger partial charge < -0.3 is 10.3 Å². The van der Waals surface area contributed by atoms with E-state index in [1.807, 2.05) is 22.9 Å². The average Bonchev–Trinajstić information content (AvgIpc) is 2.79. The van der Waals surface area contributed by atoms with Gasteiger partial charge in [0.2, 0.25) is 0 Å². The molecule has 4 nitrogen and oxygen atoms in total. The van der Waals surface area contributed by atoms with Gasteiger partial charge in [-0.05, 0) is 30.5 Å². The maximum atomic E-state index is 11.3. The van der Waals surface area contributed by atoms with E-state index in [1.54, 1.807) is 0 Å². The van der Waals surface area contributed by atoms with Crippen molar-refractivity contribution in [2.75, 3.05) is 12.0 Å². The van der Waals surface area contributed by atoms with Crippen molar-refractivity contribution in [1.29, 1.82) is 0 Å². The van der Waals surface area contributed by atoms with E-state index >= 15 is 0 Å². The van der Waals surface area contributed by atoms with Gasteiger partial charge in [-0.1, -0.05) is 19.1 Å². The zero-order valence-corrected chi connectivity index (χ0v) is 12.9. The largest absolute Gasteiger partial charge is 0.346 e. The van der Waals surface area contributed by atoms with Crippen molar-refractivity contribution >= 4 is 20.7 Å². The Morgan fingerprint density at radius 1 is 1.30 bits per heavy atom. The van der Waals surface area contributed by atoms with Crippen molar-refractivity contribution in [3.63, 3.8) is 0 Å². The summed E-state index contributed by atoms with van der Waals surface area (Å²) in [7, 11) is -2.94. The summed E-state index contributed by atoms with van der Waals surface area (Å²) in [6.45, 7) is 2.58. The van der Waals surface area contributed by atoms with Gasteiger partial charge in [0.15, 0.2) is 0 Å². The normalized spacial score (nSPS) is 13.8. The molecular formula is C15H22N2O2S. The van der Waals surface area contributed by atoms with Crippen LogP contribution in [-0.4, -0.2) is 31.0 Å². The summed E-state index contributed by atoms with van der Waals surface area (Å²) >= 11 is 0. The summed E-state index contributed by atoms with van der Waals surface area (Å²) in [6.07, 6.45) is 5.02. The molecular weight excluding hydrogens is 272 g/mol. The monoisotopic (exact) mass is 294 g/mol. The Kier molecular flexibility index (Phi) is 4.50. The molecule has 1 unspecified atom stereocenters. The quantitative estimate of drug-likeness (QED) is 0.886. The molecule has 0 radical (unpaired) electrons. The fourth-order valence-corrected chi connectivity index (χ4v) is 2.88. The lowest BCUT2D eigenvalue weighted by Crippen LogP contribution is -2.21. The highest BCUT2D eigenvalue weighted by Gasteiger charge is 2.10. The van der Waals surface area contributed by atoms with Crippen LogP contribution in [0.3, 0.4) is 0 Å². The molecule has 0 bridgehead atoms. The third-order valence-corrected chi connectivity index (χ3v) is 4.54. The molecule has 20 heavy (non-hydrogen) atoms. The Hall–Kier alpha value is -1.33. The molecule has 2 rings (SSSR count). The lowest BCUT2D eigenvalue weighted by atomic mass is 10.0. The highest BCUT2D eigenvalue weighted by Crippen LogP contribution is 2.21. The first-order valence-electron chi connectivity index (χ1n) is 6.90. The van der Waals surface area contributed by atoms with Gasteiger partial charge in [-0.3, -0.25) is 0 Å². The van der Waals surface area contributed by atoms with Gasteiger partial charge in [0.05, 0.1) is 5.75 Å². The summed E-state index contributed by atoms with van der Waals surface area (Å²) in [6, 6.07) is 8.35. The first-order valence-corrected chi connectivity index (χ1v) is 8.97. The summed E-state index contributed by atoms with van der Waals surface area (Å²) < 4.78 is 24.6. The fourth-order valence-electron chi connectivity index (χ4n) is 2.35. The molecule has 1 heterocycles. The molecule has 1 aromatic heterocycles. The first kappa shape index (κ1) is 15.1. The molecule has 5 heteroatoms. The lowest BCUT2D eigenvalue weighted by molar-refractivity contribution is 0.596. The highest BCUT2D eigenvalue weighted by atomic mass is 32.2. The van der Waals surface area contributed by atoms with Crippen LogP contribution in [0.4, 0.5) is 0 Å². The van der Waals surface area contributed by atoms with Crippen LogP contribution in [0.15, 0.2) is 30.5 Å². The Labute approximate surface area is 120 Å². The van der Waals surface area contributed by atoms with Gasteiger partial charge in [-0.2, -0.15) is 0 Å². The molecule has 2 aromatic rings. The second-order valence-corrected chi connectivity index (χ2v) is 7.62. The van der Waals surface area contributed by atoms with E-state index in [4.69, 9.17) is 5.73 Å². The van der Waals surface area contributed by atoms with E-state index in [9.17, 15) is 8.42 Å². The predicted molar refractivity (Wildman–Crippen MR) is 83.6 cm³/mol. The van der Waals surface area contributed by atoms with Crippen LogP contribution in [0.5, 0.6) is 0 Å². The Balaban J connectivity index is 2.29. The molecule has 110 valence electrons. The number of hydrogen-bond donors (Lipinski definition) is 1. The molecule has 1 aromatic carbocycles. The Morgan fingerprint density at radius 2 is 2.05 bits per heavy atom. The first-order chi connectivity index (χ1) is 9.40. The van der Waals surface area contributed by atoms with Gasteiger partial charge in [0.1, 0.15) is 9.84 Å². The van der Waals surface area contributed by atoms with Crippen LogP contribution < -0.4 is 5.73 Å². The van der Waals surface area contributed by atoms with Gasteiger partial charge in [0.25, 0.3) is 0 Å². The van der Waals surface area contributed by atoms with E-state index in [0.717, 1.165) is 18.4 Å². The Morgan fingerprint density at radius 3 is 2.70 bits per heavy atom. The van der Waals surface area contributed by atoms with Crippen molar-refractivity contribution in [2.45, 2.75) is 32.4 Å². The minimum atomic E-state index is -2.94. The van der Waals surface area contributed by atoms with Crippen molar-refractivity contribution in [3.8, 4) is 0 Å². The van der Waals surface area contributed by atoms with Crippen LogP contribution in [0.25, 0.3) is 10.9 Å². The lowest BCUT2D eigenvalue weighted by Gasteiger charge is -2.10. The number of sulfone groups is 1. The number of fused-ring (bicyclic) bond motifs is 1. The number of benzene rings is 1. The molecule has 0 aliphatic heterocycles. The standard InChI is InChI=1S/C15H22N2O2S/c1-3-13(16)11-12-5-4-6-15-14(12)7-8-17(15)9-10-20(2,18)19/h4-8,13H,3,9-11,16H2,1-2H3. The summed E-state index contributed by atoms with van der Waals surface area (Å²) in [5.41, 5.74) is 8.34. The molecule has 0 aliphatic rings. The van der Waals surface area contributed by atoms with Crippen molar-refractivity contribution in [3.05, 3.63) is 36.0 Å². The smallest absolute Gasteiger partial charge is 0.149 e. The molecule has 0 spiro atoms. The van der Waals surface area contributed by atoms with E-state index < -0.39 is 9.84 Å². The minimum Gasteiger partial charge on any atom is -0.346 e. The van der Waals surface area contributed by atoms with Crippen LogP contribution >= 0.6 is 0 Å². The average molecular weight is 294 g/mol. The predicted octanol–water partition coefficient (Wildman–Crippen LogP) is 1.97. The number of nitrogens with two attached hydrogens (primary N) is 1. The van der Waals surface area contributed by atoms with Crippen LogP contribution in [0, 0.1) is 0 Å². The number of aryl methyl sites for hydroxylation is 1. The number of hydrogen-bond acceptors (Lipinski definition) is 3. The second-order valence-electron chi connectivity index (χ2n) is 5.36. The summed E-state index contributed by atoms with van der Waals surface area (Å²) in [4.78, 5) is 0. The van der Waals surface area contributed by atoms with E-state index in [0.29, 0.717) is 6.54 Å². The third kappa shape index (κ3) is 3.61. The SMILES string of the molecule is CCC(N)Cc1cccc2c1ccn2CCS(C)(=O)=O. The van der Waals surface area contributed by atoms with Crippen LogP contribution in [0.1, 0.15) is 18.9 Å². The fraction of sp³-hybridized carbons (Fsp3) is 0.467. The summed E-state index contributed by atoms with van der Waals surface area (Å²) in [5, 5.41) is 1.17. The number of aromatic nitrogens is 1. The summed E-state index contributed by atoms with van der Waals surface area (Å²) in [5.74, 6) is 0.162. The second kappa shape index (κ2) is 5.97. The molecule has 0 aliphatic carbocycles. The maximum absolute atomic E-state index is 11.3. The molecule has 0 saturated carbocycles. The van der Waals surface area contributed by atoms with Gasteiger partial charge in [-0.15, -0.1) is 0 Å². The maximum Gasteiger partial charge on any atom is 0.149 e. The molecule has 0 saturated heterocycles. The molecule has 2 N–H and O–H groups in total. The topological polar surface area (TPSA) is 65.1 Å². The van der Waals surface area contributed by atoms with E-state index in [-0.39, 0.29) is 11.8 Å². The molecule has 1 atom stereocenters. The zero-order valence-electron chi connectivity index (χ0n) is 12.0. The molecule has 0 fully saturated rings. The van der Waals surface area contributed by atoms with Gasteiger partial charge >= 0.3 is 0 Å². The third-order valence-electron chi connectivity index (χ3n) is 3.61. The van der Waals surface area contributed by atoms with Crippen molar-refractivity contribution in [1.82, 2.24) is 4.57 Å². The van der Waals surface area contributed by atoms with Crippen LogP contribution in [-0.2, 0) is 22.8 Å². The van der Waals surface area contributed by atoms with Crippen molar-refractivity contribution in [2.24, 2.45) is 5.73 Å². The number of rotatable bonds is 6. The number of nitrogens with zero attached hydrogens (tertiary/aromatic N) is 1. The highest BCUT2D eigenvalue weighted by molar-refractivity contribution is 7.90. The van der Waals surface area contributed by atoms with Gasteiger partial charge in [0, 0.05) is 35.9 Å². The minimum absolute atomic E-state index is 0.162. The van der Waals surface area contributed by atoms with E-state index in [1.165, 1.54) is 17.2 Å². The van der Waals surface area contributed by atoms with Crippen molar-refractivity contribution < 1.29 is 8.42 Å². The van der Waals surface area contributed by atoms with E-state index in [2.05, 4.69) is 19.1 Å².